The van der Waals surface area contributed by atoms with Gasteiger partial charge >= 0.3 is 6.18 Å². The zero-order valence-corrected chi connectivity index (χ0v) is 11.3. The largest absolute Gasteiger partial charge is 0.409 e. The van der Waals surface area contributed by atoms with Crippen molar-refractivity contribution in [2.24, 2.45) is 16.8 Å². The minimum Gasteiger partial charge on any atom is -0.409 e. The van der Waals surface area contributed by atoms with Crippen LogP contribution in [-0.4, -0.2) is 65.8 Å². The van der Waals surface area contributed by atoms with Gasteiger partial charge in [-0.15, -0.1) is 0 Å². The number of rotatable bonds is 3. The van der Waals surface area contributed by atoms with Gasteiger partial charge in [0.05, 0.1) is 0 Å². The summed E-state index contributed by atoms with van der Waals surface area (Å²) in [6.07, 6.45) is -1.48. The van der Waals surface area contributed by atoms with Gasteiger partial charge in [-0.2, -0.15) is 13.2 Å². The van der Waals surface area contributed by atoms with Gasteiger partial charge in [-0.05, 0) is 38.9 Å². The van der Waals surface area contributed by atoms with Gasteiger partial charge in [0.25, 0.3) is 0 Å². The number of halogens is 3. The zero-order valence-electron chi connectivity index (χ0n) is 11.3. The second kappa shape index (κ2) is 6.17. The molecule has 8 heteroatoms. The number of fused-ring (bicyclic) bond motifs is 1. The quantitative estimate of drug-likeness (QED) is 0.354. The van der Waals surface area contributed by atoms with Crippen LogP contribution in [-0.2, 0) is 0 Å². The average Bonchev–Trinajstić information content (AvgIpc) is 2.72. The number of nitrogens with zero attached hydrogens (tertiary/aromatic N) is 3. The fourth-order valence-electron chi connectivity index (χ4n) is 3.14. The van der Waals surface area contributed by atoms with Crippen LogP contribution in [0.3, 0.4) is 0 Å². The maximum absolute atomic E-state index is 13.0. The third kappa shape index (κ3) is 3.54. The van der Waals surface area contributed by atoms with Crippen LogP contribution in [0.5, 0.6) is 0 Å². The van der Waals surface area contributed by atoms with Crippen LogP contribution < -0.4 is 5.73 Å². The van der Waals surface area contributed by atoms with Gasteiger partial charge in [0.2, 0.25) is 0 Å². The molecule has 0 aliphatic carbocycles. The lowest BCUT2D eigenvalue weighted by Crippen LogP contribution is -2.46. The average molecular weight is 294 g/mol. The van der Waals surface area contributed by atoms with E-state index in [2.05, 4.69) is 10.1 Å². The molecule has 0 amide bonds. The van der Waals surface area contributed by atoms with Crippen LogP contribution in [0.2, 0.25) is 0 Å². The summed E-state index contributed by atoms with van der Waals surface area (Å²) in [5.74, 6) is -2.66. The van der Waals surface area contributed by atoms with Crippen molar-refractivity contribution >= 4 is 5.84 Å². The molecule has 0 bridgehead atoms. The molecule has 20 heavy (non-hydrogen) atoms. The van der Waals surface area contributed by atoms with Crippen LogP contribution in [0, 0.1) is 5.92 Å². The fraction of sp³-hybridized carbons (Fsp3) is 0.917. The van der Waals surface area contributed by atoms with Gasteiger partial charge in [0, 0.05) is 19.1 Å². The number of alkyl halides is 3. The number of oxime groups is 1. The van der Waals surface area contributed by atoms with Gasteiger partial charge in [0.15, 0.2) is 5.84 Å². The molecule has 0 radical (unpaired) electrons. The van der Waals surface area contributed by atoms with E-state index >= 15 is 0 Å². The van der Waals surface area contributed by atoms with Crippen molar-refractivity contribution in [2.75, 3.05) is 32.7 Å². The lowest BCUT2D eigenvalue weighted by Gasteiger charge is -2.29. The molecule has 5 nitrogen and oxygen atoms in total. The lowest BCUT2D eigenvalue weighted by atomic mass is 10.1. The Balaban J connectivity index is 2.02. The van der Waals surface area contributed by atoms with E-state index in [1.165, 1.54) is 0 Å². The predicted molar refractivity (Wildman–Crippen MR) is 68.6 cm³/mol. The van der Waals surface area contributed by atoms with E-state index in [9.17, 15) is 13.2 Å². The van der Waals surface area contributed by atoms with Gasteiger partial charge in [0.1, 0.15) is 5.92 Å². The van der Waals surface area contributed by atoms with E-state index in [0.29, 0.717) is 19.1 Å². The summed E-state index contributed by atoms with van der Waals surface area (Å²) in [6, 6.07) is 0.346. The Hall–Kier alpha value is -1.02. The summed E-state index contributed by atoms with van der Waals surface area (Å²) in [5, 5.41) is 11.1. The Morgan fingerprint density at radius 3 is 2.65 bits per heavy atom. The van der Waals surface area contributed by atoms with Crippen LogP contribution >= 0.6 is 0 Å². The van der Waals surface area contributed by atoms with Crippen molar-refractivity contribution in [3.05, 3.63) is 0 Å². The molecule has 0 spiro atoms. The Kier molecular flexibility index (Phi) is 4.74. The first-order valence-corrected chi connectivity index (χ1v) is 6.92. The maximum atomic E-state index is 13.0. The van der Waals surface area contributed by atoms with E-state index < -0.39 is 17.9 Å². The highest BCUT2D eigenvalue weighted by Gasteiger charge is 2.44. The first-order valence-electron chi connectivity index (χ1n) is 6.92. The monoisotopic (exact) mass is 294 g/mol. The second-order valence-electron chi connectivity index (χ2n) is 5.56. The molecule has 0 aromatic carbocycles. The van der Waals surface area contributed by atoms with Crippen LogP contribution in [0.1, 0.15) is 19.3 Å². The van der Waals surface area contributed by atoms with E-state index in [1.807, 2.05) is 0 Å². The fourth-order valence-corrected chi connectivity index (χ4v) is 3.14. The summed E-state index contributed by atoms with van der Waals surface area (Å²) in [4.78, 5) is 4.15. The summed E-state index contributed by atoms with van der Waals surface area (Å²) in [6.45, 7) is 3.01. The van der Waals surface area contributed by atoms with Crippen molar-refractivity contribution in [1.82, 2.24) is 9.80 Å². The lowest BCUT2D eigenvalue weighted by molar-refractivity contribution is -0.160. The third-order valence-electron chi connectivity index (χ3n) is 4.20. The van der Waals surface area contributed by atoms with Gasteiger partial charge in [-0.3, -0.25) is 4.90 Å². The highest BCUT2D eigenvalue weighted by atomic mass is 19.4. The molecular formula is C12H21F3N4O. The Morgan fingerprint density at radius 2 is 2.00 bits per heavy atom. The standard InChI is InChI=1S/C12H21F3N4O/c13-12(14,15)10(11(16)17-20)8-18-4-2-6-19-5-1-3-9(19)7-18/h9-10,20H,1-8H2,(H2,16,17). The molecule has 2 aliphatic heterocycles. The minimum atomic E-state index is -4.49. The molecule has 2 heterocycles. The molecule has 0 saturated carbocycles. The Bertz CT molecular complexity index is 361. The molecule has 2 rings (SSSR count). The Labute approximate surface area is 116 Å². The summed E-state index contributed by atoms with van der Waals surface area (Å²) >= 11 is 0. The molecule has 2 unspecified atom stereocenters. The summed E-state index contributed by atoms with van der Waals surface area (Å²) in [5.41, 5.74) is 5.21. The van der Waals surface area contributed by atoms with Crippen molar-refractivity contribution in [3.8, 4) is 0 Å². The van der Waals surface area contributed by atoms with Crippen molar-refractivity contribution in [2.45, 2.75) is 31.5 Å². The number of hydrogen-bond acceptors (Lipinski definition) is 4. The molecule has 3 N–H and O–H groups in total. The third-order valence-corrected chi connectivity index (χ3v) is 4.20. The minimum absolute atomic E-state index is 0.232. The van der Waals surface area contributed by atoms with Gasteiger partial charge in [-0.1, -0.05) is 5.16 Å². The van der Waals surface area contributed by atoms with Crippen molar-refractivity contribution < 1.29 is 18.4 Å². The van der Waals surface area contributed by atoms with Gasteiger partial charge < -0.3 is 15.8 Å². The maximum Gasteiger partial charge on any atom is 0.400 e. The van der Waals surface area contributed by atoms with E-state index in [1.54, 1.807) is 4.90 Å². The first kappa shape index (κ1) is 15.4. The van der Waals surface area contributed by atoms with E-state index in [0.717, 1.165) is 32.4 Å². The highest BCUT2D eigenvalue weighted by Crippen LogP contribution is 2.29. The van der Waals surface area contributed by atoms with E-state index in [-0.39, 0.29) is 6.54 Å². The number of amidine groups is 1. The van der Waals surface area contributed by atoms with Crippen molar-refractivity contribution in [3.63, 3.8) is 0 Å². The molecule has 2 saturated heterocycles. The molecular weight excluding hydrogens is 273 g/mol. The number of nitrogens with two attached hydrogens (primary N) is 1. The van der Waals surface area contributed by atoms with Crippen LogP contribution in [0.25, 0.3) is 0 Å². The van der Waals surface area contributed by atoms with Crippen LogP contribution in [0.15, 0.2) is 5.16 Å². The molecule has 2 aliphatic rings. The normalized spacial score (nSPS) is 28.1. The Morgan fingerprint density at radius 1 is 1.30 bits per heavy atom. The summed E-state index contributed by atoms with van der Waals surface area (Å²) < 4.78 is 38.9. The second-order valence-corrected chi connectivity index (χ2v) is 5.56. The molecule has 0 aromatic rings. The SMILES string of the molecule is NC(=NO)C(CN1CCCN2CCCC2C1)C(F)(F)F. The molecule has 116 valence electrons. The molecule has 0 aromatic heterocycles. The van der Waals surface area contributed by atoms with E-state index in [4.69, 9.17) is 10.9 Å². The first-order chi connectivity index (χ1) is 9.41. The van der Waals surface area contributed by atoms with Crippen molar-refractivity contribution in [1.29, 1.82) is 0 Å². The predicted octanol–water partition coefficient (Wildman–Crippen LogP) is 1.08. The molecule has 2 atom stereocenters. The zero-order chi connectivity index (χ0) is 14.8. The highest BCUT2D eigenvalue weighted by molar-refractivity contribution is 5.83. The topological polar surface area (TPSA) is 65.1 Å². The number of hydrogen-bond donors (Lipinski definition) is 2. The molecule has 2 fully saturated rings. The van der Waals surface area contributed by atoms with Crippen LogP contribution in [0.4, 0.5) is 13.2 Å². The smallest absolute Gasteiger partial charge is 0.400 e. The van der Waals surface area contributed by atoms with Gasteiger partial charge in [-0.25, -0.2) is 0 Å². The summed E-state index contributed by atoms with van der Waals surface area (Å²) in [7, 11) is 0.